The smallest absolute Gasteiger partial charge is 0.303 e. The SMILES string of the molecule is COC(C)Cn1cc(CCC(=O)O)c2ccccc21. The van der Waals surface area contributed by atoms with Gasteiger partial charge < -0.3 is 14.4 Å². The maximum atomic E-state index is 10.7. The number of aromatic nitrogens is 1. The number of methoxy groups -OCH3 is 1. The van der Waals surface area contributed by atoms with Crippen LogP contribution in [0.3, 0.4) is 0 Å². The van der Waals surface area contributed by atoms with Crippen LogP contribution in [-0.2, 0) is 22.5 Å². The van der Waals surface area contributed by atoms with Gasteiger partial charge in [0.2, 0.25) is 0 Å². The van der Waals surface area contributed by atoms with Crippen LogP contribution in [0.1, 0.15) is 18.9 Å². The molecular formula is C15H19NO3. The highest BCUT2D eigenvalue weighted by Gasteiger charge is 2.11. The molecule has 0 bridgehead atoms. The van der Waals surface area contributed by atoms with Crippen LogP contribution in [0.4, 0.5) is 0 Å². The third-order valence-corrected chi connectivity index (χ3v) is 3.34. The Morgan fingerprint density at radius 2 is 2.16 bits per heavy atom. The molecule has 19 heavy (non-hydrogen) atoms. The Balaban J connectivity index is 2.33. The van der Waals surface area contributed by atoms with Crippen molar-refractivity contribution < 1.29 is 14.6 Å². The second-order valence-corrected chi connectivity index (χ2v) is 4.76. The predicted octanol–water partition coefficient (Wildman–Crippen LogP) is 2.69. The van der Waals surface area contributed by atoms with E-state index < -0.39 is 5.97 Å². The van der Waals surface area contributed by atoms with Crippen LogP contribution in [-0.4, -0.2) is 28.9 Å². The minimum atomic E-state index is -0.762. The number of carboxylic acid groups (broad SMARTS) is 1. The lowest BCUT2D eigenvalue weighted by atomic mass is 10.1. The van der Waals surface area contributed by atoms with E-state index in [1.807, 2.05) is 31.3 Å². The van der Waals surface area contributed by atoms with Crippen LogP contribution in [0.25, 0.3) is 10.9 Å². The van der Waals surface area contributed by atoms with Gasteiger partial charge in [-0.1, -0.05) is 18.2 Å². The number of carbonyl (C=O) groups is 1. The molecule has 0 saturated heterocycles. The number of ether oxygens (including phenoxy) is 1. The van der Waals surface area contributed by atoms with Crippen molar-refractivity contribution in [3.63, 3.8) is 0 Å². The minimum Gasteiger partial charge on any atom is -0.481 e. The third kappa shape index (κ3) is 3.15. The maximum Gasteiger partial charge on any atom is 0.303 e. The molecule has 0 spiro atoms. The number of aryl methyl sites for hydroxylation is 1. The van der Waals surface area contributed by atoms with E-state index in [4.69, 9.17) is 9.84 Å². The fourth-order valence-corrected chi connectivity index (χ4v) is 2.27. The lowest BCUT2D eigenvalue weighted by Crippen LogP contribution is -2.13. The molecule has 1 aromatic heterocycles. The number of nitrogens with zero attached hydrogens (tertiary/aromatic N) is 1. The lowest BCUT2D eigenvalue weighted by molar-refractivity contribution is -0.136. The molecular weight excluding hydrogens is 242 g/mol. The van der Waals surface area contributed by atoms with Crippen LogP contribution in [0.5, 0.6) is 0 Å². The second-order valence-electron chi connectivity index (χ2n) is 4.76. The zero-order valence-electron chi connectivity index (χ0n) is 11.3. The summed E-state index contributed by atoms with van der Waals surface area (Å²) < 4.78 is 7.44. The molecule has 1 unspecified atom stereocenters. The summed E-state index contributed by atoms with van der Waals surface area (Å²) in [5.41, 5.74) is 2.22. The van der Waals surface area contributed by atoms with Gasteiger partial charge in [-0.15, -0.1) is 0 Å². The predicted molar refractivity (Wildman–Crippen MR) is 74.4 cm³/mol. The molecule has 0 fully saturated rings. The van der Waals surface area contributed by atoms with Crippen LogP contribution in [0.2, 0.25) is 0 Å². The fourth-order valence-electron chi connectivity index (χ4n) is 2.27. The standard InChI is InChI=1S/C15H19NO3/c1-11(19-2)9-16-10-12(7-8-15(17)18)13-5-3-4-6-14(13)16/h3-6,10-11H,7-9H2,1-2H3,(H,17,18). The summed E-state index contributed by atoms with van der Waals surface area (Å²) in [6.45, 7) is 2.79. The van der Waals surface area contributed by atoms with Crippen molar-refractivity contribution in [1.29, 1.82) is 0 Å². The van der Waals surface area contributed by atoms with E-state index in [0.717, 1.165) is 23.0 Å². The number of fused-ring (bicyclic) bond motifs is 1. The van der Waals surface area contributed by atoms with Gasteiger partial charge in [0.25, 0.3) is 0 Å². The third-order valence-electron chi connectivity index (χ3n) is 3.34. The molecule has 2 rings (SSSR count). The first kappa shape index (κ1) is 13.6. The molecule has 0 aliphatic heterocycles. The number of benzene rings is 1. The molecule has 0 radical (unpaired) electrons. The number of para-hydroxylation sites is 1. The highest BCUT2D eigenvalue weighted by Crippen LogP contribution is 2.23. The molecule has 0 saturated carbocycles. The first-order valence-corrected chi connectivity index (χ1v) is 6.43. The highest BCUT2D eigenvalue weighted by molar-refractivity contribution is 5.84. The average molecular weight is 261 g/mol. The van der Waals surface area contributed by atoms with E-state index in [9.17, 15) is 4.79 Å². The van der Waals surface area contributed by atoms with Gasteiger partial charge in [-0.05, 0) is 25.0 Å². The molecule has 0 aliphatic carbocycles. The summed E-state index contributed by atoms with van der Waals surface area (Å²) in [4.78, 5) is 10.7. The fraction of sp³-hybridized carbons (Fsp3) is 0.400. The molecule has 1 N–H and O–H groups in total. The lowest BCUT2D eigenvalue weighted by Gasteiger charge is -2.11. The van der Waals surface area contributed by atoms with Crippen LogP contribution < -0.4 is 0 Å². The number of carboxylic acids is 1. The highest BCUT2D eigenvalue weighted by atomic mass is 16.5. The van der Waals surface area contributed by atoms with E-state index in [-0.39, 0.29) is 12.5 Å². The van der Waals surface area contributed by atoms with E-state index in [1.165, 1.54) is 0 Å². The molecule has 4 nitrogen and oxygen atoms in total. The average Bonchev–Trinajstić information content (AvgIpc) is 2.75. The molecule has 2 aromatic rings. The molecule has 1 aromatic carbocycles. The first-order valence-electron chi connectivity index (χ1n) is 6.43. The summed E-state index contributed by atoms with van der Waals surface area (Å²) in [7, 11) is 1.70. The minimum absolute atomic E-state index is 0.128. The van der Waals surface area contributed by atoms with Crippen molar-refractivity contribution in [2.45, 2.75) is 32.4 Å². The van der Waals surface area contributed by atoms with Crippen molar-refractivity contribution >= 4 is 16.9 Å². The zero-order chi connectivity index (χ0) is 13.8. The Morgan fingerprint density at radius 3 is 2.84 bits per heavy atom. The first-order chi connectivity index (χ1) is 9.11. The van der Waals surface area contributed by atoms with Crippen LogP contribution >= 0.6 is 0 Å². The quantitative estimate of drug-likeness (QED) is 0.869. The van der Waals surface area contributed by atoms with Crippen molar-refractivity contribution in [3.05, 3.63) is 36.0 Å². The van der Waals surface area contributed by atoms with Crippen molar-refractivity contribution in [1.82, 2.24) is 4.57 Å². The molecule has 0 aliphatic rings. The van der Waals surface area contributed by atoms with Gasteiger partial charge in [0.05, 0.1) is 6.10 Å². The van der Waals surface area contributed by atoms with Gasteiger partial charge in [0.15, 0.2) is 0 Å². The Kier molecular flexibility index (Phi) is 4.22. The number of aliphatic carboxylic acids is 1. The summed E-state index contributed by atoms with van der Waals surface area (Å²) in [6, 6.07) is 8.08. The van der Waals surface area contributed by atoms with Crippen LogP contribution in [0, 0.1) is 0 Å². The van der Waals surface area contributed by atoms with Crippen molar-refractivity contribution in [2.24, 2.45) is 0 Å². The zero-order valence-corrected chi connectivity index (χ0v) is 11.3. The molecule has 102 valence electrons. The largest absolute Gasteiger partial charge is 0.481 e. The van der Waals surface area contributed by atoms with Gasteiger partial charge in [-0.25, -0.2) is 0 Å². The van der Waals surface area contributed by atoms with Gasteiger partial charge in [0, 0.05) is 37.2 Å². The van der Waals surface area contributed by atoms with Gasteiger partial charge >= 0.3 is 5.97 Å². The summed E-state index contributed by atoms with van der Waals surface area (Å²) in [5, 5.41) is 9.94. The number of hydrogen-bond donors (Lipinski definition) is 1. The number of hydrogen-bond acceptors (Lipinski definition) is 2. The van der Waals surface area contributed by atoms with E-state index >= 15 is 0 Å². The summed E-state index contributed by atoms with van der Waals surface area (Å²) in [5.74, 6) is -0.762. The monoisotopic (exact) mass is 261 g/mol. The Labute approximate surface area is 112 Å². The topological polar surface area (TPSA) is 51.5 Å². The molecule has 1 heterocycles. The Hall–Kier alpha value is -1.81. The maximum absolute atomic E-state index is 10.7. The van der Waals surface area contributed by atoms with E-state index in [0.29, 0.717) is 6.42 Å². The van der Waals surface area contributed by atoms with Crippen molar-refractivity contribution in [3.8, 4) is 0 Å². The second kappa shape index (κ2) is 5.89. The molecule has 4 heteroatoms. The van der Waals surface area contributed by atoms with Crippen molar-refractivity contribution in [2.75, 3.05) is 7.11 Å². The summed E-state index contributed by atoms with van der Waals surface area (Å²) >= 11 is 0. The number of rotatable bonds is 6. The summed E-state index contributed by atoms with van der Waals surface area (Å²) in [6.07, 6.45) is 2.89. The van der Waals surface area contributed by atoms with Gasteiger partial charge in [-0.2, -0.15) is 0 Å². The Morgan fingerprint density at radius 1 is 1.42 bits per heavy atom. The Bertz CT molecular complexity index is 574. The normalized spacial score (nSPS) is 12.7. The van der Waals surface area contributed by atoms with Gasteiger partial charge in [0.1, 0.15) is 0 Å². The molecule has 0 amide bonds. The van der Waals surface area contributed by atoms with E-state index in [2.05, 4.69) is 10.6 Å². The van der Waals surface area contributed by atoms with E-state index in [1.54, 1.807) is 7.11 Å². The van der Waals surface area contributed by atoms with Gasteiger partial charge in [-0.3, -0.25) is 4.79 Å². The van der Waals surface area contributed by atoms with Crippen LogP contribution in [0.15, 0.2) is 30.5 Å². The molecule has 1 atom stereocenters.